The van der Waals surface area contributed by atoms with E-state index in [2.05, 4.69) is 18.8 Å². The van der Waals surface area contributed by atoms with E-state index in [1.54, 1.807) is 17.9 Å². The first-order valence-electron chi connectivity index (χ1n) is 10.5. The largest absolute Gasteiger partial charge is 0.385 e. The molecule has 4 rings (SSSR count). The molecule has 4 aromatic rings. The normalized spacial score (nSPS) is 11.8. The van der Waals surface area contributed by atoms with Gasteiger partial charge in [0.05, 0.1) is 10.3 Å². The zero-order valence-corrected chi connectivity index (χ0v) is 19.4. The van der Waals surface area contributed by atoms with Crippen molar-refractivity contribution in [3.05, 3.63) is 40.6 Å². The number of hydrogen-bond acceptors (Lipinski definition) is 6. The summed E-state index contributed by atoms with van der Waals surface area (Å²) in [7, 11) is 3.60. The summed E-state index contributed by atoms with van der Waals surface area (Å²) in [6.07, 6.45) is 7.27. The van der Waals surface area contributed by atoms with Gasteiger partial charge in [0.15, 0.2) is 11.6 Å². The Morgan fingerprint density at radius 3 is 2.65 bits per heavy atom. The summed E-state index contributed by atoms with van der Waals surface area (Å²) in [4.78, 5) is 24.7. The van der Waals surface area contributed by atoms with Crippen molar-refractivity contribution in [1.82, 2.24) is 28.9 Å². The van der Waals surface area contributed by atoms with Gasteiger partial charge in [0.25, 0.3) is 5.56 Å². The predicted molar refractivity (Wildman–Crippen MR) is 124 cm³/mol. The van der Waals surface area contributed by atoms with Gasteiger partial charge < -0.3 is 9.30 Å². The van der Waals surface area contributed by atoms with Crippen LogP contribution >= 0.6 is 11.3 Å². The highest BCUT2D eigenvalue weighted by Crippen LogP contribution is 2.36. The number of hydrogen-bond donors (Lipinski definition) is 0. The minimum atomic E-state index is -0.0243. The Bertz CT molecular complexity index is 1260. The average Bonchev–Trinajstić information content (AvgIpc) is 3.45. The second kappa shape index (κ2) is 8.76. The van der Waals surface area contributed by atoms with E-state index in [9.17, 15) is 4.79 Å². The van der Waals surface area contributed by atoms with E-state index in [4.69, 9.17) is 14.8 Å². The molecule has 31 heavy (non-hydrogen) atoms. The lowest BCUT2D eigenvalue weighted by Crippen LogP contribution is -2.24. The first-order chi connectivity index (χ1) is 14.9. The quantitative estimate of drug-likeness (QED) is 0.386. The molecular formula is C22H28N6O2S. The Balaban J connectivity index is 1.87. The molecule has 9 heteroatoms. The zero-order chi connectivity index (χ0) is 22.1. The smallest absolute Gasteiger partial charge is 0.262 e. The summed E-state index contributed by atoms with van der Waals surface area (Å²) in [5.41, 5.74) is 1.78. The maximum absolute atomic E-state index is 13.6. The number of rotatable bonds is 8. The van der Waals surface area contributed by atoms with Gasteiger partial charge in [-0.3, -0.25) is 14.0 Å². The predicted octanol–water partition coefficient (Wildman–Crippen LogP) is 4.04. The topological polar surface area (TPSA) is 79.8 Å². The van der Waals surface area contributed by atoms with Gasteiger partial charge in [0.1, 0.15) is 10.5 Å². The van der Waals surface area contributed by atoms with Gasteiger partial charge in [0.2, 0.25) is 0 Å². The monoisotopic (exact) mass is 440 g/mol. The second-order valence-corrected chi connectivity index (χ2v) is 8.96. The van der Waals surface area contributed by atoms with Crippen molar-refractivity contribution in [2.24, 2.45) is 7.05 Å². The lowest BCUT2D eigenvalue weighted by molar-refractivity contribution is 0.191. The molecule has 0 atom stereocenters. The van der Waals surface area contributed by atoms with Crippen molar-refractivity contribution in [3.63, 3.8) is 0 Å². The Labute approximate surface area is 185 Å². The molecule has 0 saturated heterocycles. The third-order valence-corrected chi connectivity index (χ3v) is 6.63. The fraction of sp³-hybridized carbons (Fsp3) is 0.455. The first-order valence-corrected chi connectivity index (χ1v) is 11.3. The third-order valence-electron chi connectivity index (χ3n) is 5.42. The number of nitrogens with zero attached hydrogens (tertiary/aromatic N) is 6. The van der Waals surface area contributed by atoms with Gasteiger partial charge in [-0.25, -0.2) is 9.97 Å². The number of unbranched alkanes of at least 4 members (excludes halogenated alkanes) is 1. The van der Waals surface area contributed by atoms with Crippen LogP contribution in [0.5, 0.6) is 0 Å². The molecule has 8 nitrogen and oxygen atoms in total. The lowest BCUT2D eigenvalue weighted by Gasteiger charge is -2.12. The van der Waals surface area contributed by atoms with Crippen LogP contribution < -0.4 is 5.56 Å². The van der Waals surface area contributed by atoms with Crippen LogP contribution in [0.4, 0.5) is 0 Å². The van der Waals surface area contributed by atoms with Crippen LogP contribution in [0.25, 0.3) is 32.4 Å². The van der Waals surface area contributed by atoms with E-state index >= 15 is 0 Å². The van der Waals surface area contributed by atoms with Crippen molar-refractivity contribution in [2.75, 3.05) is 13.7 Å². The van der Waals surface area contributed by atoms with E-state index in [1.807, 2.05) is 41.7 Å². The number of aryl methyl sites for hydroxylation is 2. The summed E-state index contributed by atoms with van der Waals surface area (Å²) < 4.78 is 10.8. The average molecular weight is 441 g/mol. The van der Waals surface area contributed by atoms with E-state index in [0.29, 0.717) is 30.2 Å². The molecule has 4 aromatic heterocycles. The molecule has 0 N–H and O–H groups in total. The van der Waals surface area contributed by atoms with Gasteiger partial charge in [0, 0.05) is 51.9 Å². The van der Waals surface area contributed by atoms with Crippen LogP contribution in [0.15, 0.2) is 29.5 Å². The van der Waals surface area contributed by atoms with E-state index in [0.717, 1.165) is 33.8 Å². The van der Waals surface area contributed by atoms with Gasteiger partial charge in [-0.2, -0.15) is 5.10 Å². The van der Waals surface area contributed by atoms with E-state index < -0.39 is 0 Å². The molecular weight excluding hydrogens is 412 g/mol. The Hall–Kier alpha value is -2.78. The summed E-state index contributed by atoms with van der Waals surface area (Å²) in [6.45, 7) is 7.42. The van der Waals surface area contributed by atoms with Crippen LogP contribution in [0, 0.1) is 6.92 Å². The Morgan fingerprint density at radius 2 is 2.00 bits per heavy atom. The molecule has 0 saturated carbocycles. The van der Waals surface area contributed by atoms with Crippen molar-refractivity contribution >= 4 is 21.6 Å². The fourth-order valence-electron chi connectivity index (χ4n) is 3.68. The van der Waals surface area contributed by atoms with E-state index in [1.165, 1.54) is 11.3 Å². The van der Waals surface area contributed by atoms with Crippen molar-refractivity contribution in [3.8, 4) is 22.2 Å². The highest BCUT2D eigenvalue weighted by Gasteiger charge is 2.22. The number of ether oxygens (including phenoxy) is 1. The molecule has 0 bridgehead atoms. The molecule has 0 unspecified atom stereocenters. The third kappa shape index (κ3) is 3.95. The number of methoxy groups -OCH3 is 1. The van der Waals surface area contributed by atoms with Gasteiger partial charge in [-0.05, 0) is 45.2 Å². The standard InChI is InChI=1S/C22H28N6O2S/c1-14(2)28-11-8-16(25-28)18-15(3)17-21(31-18)24-20(19-23-9-12-26(19)4)27(22(17)29)10-6-7-13-30-5/h8-9,11-12,14H,6-7,10,13H2,1-5H3. The highest BCUT2D eigenvalue weighted by molar-refractivity contribution is 7.22. The number of aromatic nitrogens is 6. The molecule has 0 aromatic carbocycles. The first kappa shape index (κ1) is 21.5. The maximum atomic E-state index is 13.6. The van der Waals surface area contributed by atoms with Crippen molar-refractivity contribution < 1.29 is 4.74 Å². The second-order valence-electron chi connectivity index (χ2n) is 7.96. The Morgan fingerprint density at radius 1 is 1.19 bits per heavy atom. The van der Waals surface area contributed by atoms with Crippen molar-refractivity contribution in [2.45, 2.75) is 46.2 Å². The van der Waals surface area contributed by atoms with Crippen LogP contribution in [0.1, 0.15) is 38.3 Å². The minimum absolute atomic E-state index is 0.0243. The number of thiophene rings is 1. The van der Waals surface area contributed by atoms with Crippen LogP contribution in [-0.4, -0.2) is 42.6 Å². The fourth-order valence-corrected chi connectivity index (χ4v) is 4.82. The van der Waals surface area contributed by atoms with Crippen LogP contribution in [0.3, 0.4) is 0 Å². The molecule has 0 amide bonds. The zero-order valence-electron chi connectivity index (χ0n) is 18.6. The molecule has 0 aliphatic rings. The summed E-state index contributed by atoms with van der Waals surface area (Å²) in [5, 5.41) is 5.37. The Kier molecular flexibility index (Phi) is 6.06. The molecule has 0 fully saturated rings. The SMILES string of the molecule is COCCCCn1c(-c2nccn2C)nc2sc(-c3ccn(C(C)C)n3)c(C)c2c1=O. The summed E-state index contributed by atoms with van der Waals surface area (Å²) in [6, 6.07) is 2.28. The molecule has 4 heterocycles. The summed E-state index contributed by atoms with van der Waals surface area (Å²) in [5.74, 6) is 1.28. The van der Waals surface area contributed by atoms with E-state index in [-0.39, 0.29) is 11.6 Å². The van der Waals surface area contributed by atoms with Crippen molar-refractivity contribution in [1.29, 1.82) is 0 Å². The maximum Gasteiger partial charge on any atom is 0.262 e. The summed E-state index contributed by atoms with van der Waals surface area (Å²) >= 11 is 1.52. The molecule has 0 spiro atoms. The molecule has 0 aliphatic carbocycles. The van der Waals surface area contributed by atoms with Gasteiger partial charge >= 0.3 is 0 Å². The molecule has 0 radical (unpaired) electrons. The lowest BCUT2D eigenvalue weighted by atomic mass is 10.2. The minimum Gasteiger partial charge on any atom is -0.385 e. The highest BCUT2D eigenvalue weighted by atomic mass is 32.1. The van der Waals surface area contributed by atoms with Gasteiger partial charge in [-0.15, -0.1) is 11.3 Å². The molecule has 164 valence electrons. The number of imidazole rings is 1. The molecule has 0 aliphatic heterocycles. The van der Waals surface area contributed by atoms with Crippen LogP contribution in [0.2, 0.25) is 0 Å². The number of fused-ring (bicyclic) bond motifs is 1. The van der Waals surface area contributed by atoms with Crippen LogP contribution in [-0.2, 0) is 18.3 Å². The van der Waals surface area contributed by atoms with Gasteiger partial charge in [-0.1, -0.05) is 0 Å².